The summed E-state index contributed by atoms with van der Waals surface area (Å²) < 4.78 is 1.73. The first kappa shape index (κ1) is 18.4. The normalized spacial score (nSPS) is 16.2. The third-order valence-corrected chi connectivity index (χ3v) is 5.61. The number of halogens is 3. The molecule has 4 rings (SSSR count). The van der Waals surface area contributed by atoms with Gasteiger partial charge < -0.3 is 5.11 Å². The lowest BCUT2D eigenvalue weighted by molar-refractivity contribution is -0.139. The molecule has 0 aliphatic heterocycles. The van der Waals surface area contributed by atoms with Crippen molar-refractivity contribution in [2.45, 2.75) is 25.2 Å². The molecule has 0 saturated heterocycles. The van der Waals surface area contributed by atoms with E-state index in [9.17, 15) is 9.90 Å². The van der Waals surface area contributed by atoms with Gasteiger partial charge in [0.05, 0.1) is 22.1 Å². The lowest BCUT2D eigenvalue weighted by Gasteiger charge is -2.18. The predicted octanol–water partition coefficient (Wildman–Crippen LogP) is 6.00. The molecule has 4 nitrogen and oxygen atoms in total. The zero-order valence-electron chi connectivity index (χ0n) is 14.1. The van der Waals surface area contributed by atoms with E-state index in [1.807, 2.05) is 24.3 Å². The van der Waals surface area contributed by atoms with Crippen molar-refractivity contribution in [1.29, 1.82) is 0 Å². The van der Waals surface area contributed by atoms with Crippen LogP contribution in [0.4, 0.5) is 0 Å². The van der Waals surface area contributed by atoms with Crippen LogP contribution in [0.1, 0.15) is 30.0 Å². The SMILES string of the molecule is O=C(O)[C@@H]1CCCc2c1nn(-c1ccc(Cl)cc1Cl)c2-c1ccc(Cl)cc1. The summed E-state index contributed by atoms with van der Waals surface area (Å²) >= 11 is 18.5. The maximum atomic E-state index is 11.8. The lowest BCUT2D eigenvalue weighted by atomic mass is 9.85. The molecule has 2 aromatic carbocycles. The third kappa shape index (κ3) is 3.33. The van der Waals surface area contributed by atoms with E-state index in [-0.39, 0.29) is 0 Å². The molecule has 0 fully saturated rings. The molecule has 0 unspecified atom stereocenters. The summed E-state index contributed by atoms with van der Waals surface area (Å²) in [5.41, 5.74) is 3.96. The molecule has 0 spiro atoms. The molecule has 1 aliphatic rings. The number of nitrogens with zero attached hydrogens (tertiary/aromatic N) is 2. The number of carboxylic acids is 1. The highest BCUT2D eigenvalue weighted by Crippen LogP contribution is 2.40. The quantitative estimate of drug-likeness (QED) is 0.564. The van der Waals surface area contributed by atoms with Crippen LogP contribution in [0, 0.1) is 0 Å². The molecular weight excluding hydrogens is 407 g/mol. The van der Waals surface area contributed by atoms with Crippen molar-refractivity contribution < 1.29 is 9.90 Å². The minimum atomic E-state index is -0.856. The first-order chi connectivity index (χ1) is 13.0. The highest BCUT2D eigenvalue weighted by atomic mass is 35.5. The van der Waals surface area contributed by atoms with Crippen LogP contribution in [0.15, 0.2) is 42.5 Å². The van der Waals surface area contributed by atoms with E-state index in [2.05, 4.69) is 5.10 Å². The first-order valence-corrected chi connectivity index (χ1v) is 9.65. The molecule has 0 radical (unpaired) electrons. The van der Waals surface area contributed by atoms with Crippen LogP contribution in [0.2, 0.25) is 15.1 Å². The van der Waals surface area contributed by atoms with Gasteiger partial charge in [-0.05, 0) is 49.6 Å². The standard InChI is InChI=1S/C20H15Cl3N2O2/c21-12-6-4-11(5-7-12)19-14-2-1-3-15(20(26)27)18(14)24-25(19)17-9-8-13(22)10-16(17)23/h4-10,15H,1-3H2,(H,26,27)/t15-/m1/s1. The lowest BCUT2D eigenvalue weighted by Crippen LogP contribution is -2.17. The van der Waals surface area contributed by atoms with Gasteiger partial charge in [-0.25, -0.2) is 4.68 Å². The first-order valence-electron chi connectivity index (χ1n) is 8.51. The minimum Gasteiger partial charge on any atom is -0.481 e. The predicted molar refractivity (Wildman–Crippen MR) is 107 cm³/mol. The van der Waals surface area contributed by atoms with Crippen LogP contribution in [0.3, 0.4) is 0 Å². The van der Waals surface area contributed by atoms with Gasteiger partial charge in [-0.1, -0.05) is 46.9 Å². The Hall–Kier alpha value is -2.01. The van der Waals surface area contributed by atoms with Gasteiger partial charge in [0, 0.05) is 21.2 Å². The van der Waals surface area contributed by atoms with E-state index >= 15 is 0 Å². The zero-order chi connectivity index (χ0) is 19.1. The van der Waals surface area contributed by atoms with Crippen LogP contribution in [0.25, 0.3) is 16.9 Å². The summed E-state index contributed by atoms with van der Waals surface area (Å²) in [7, 11) is 0. The molecule has 0 amide bonds. The number of fused-ring (bicyclic) bond motifs is 1. The second kappa shape index (κ2) is 7.19. The van der Waals surface area contributed by atoms with Crippen molar-refractivity contribution >= 4 is 40.8 Å². The summed E-state index contributed by atoms with van der Waals surface area (Å²) in [6.07, 6.45) is 2.14. The van der Waals surface area contributed by atoms with E-state index in [1.54, 1.807) is 22.9 Å². The molecule has 138 valence electrons. The molecule has 7 heteroatoms. The van der Waals surface area contributed by atoms with Gasteiger partial charge in [0.1, 0.15) is 5.92 Å². The van der Waals surface area contributed by atoms with Crippen molar-refractivity contribution in [1.82, 2.24) is 9.78 Å². The number of benzene rings is 2. The molecule has 1 aromatic heterocycles. The van der Waals surface area contributed by atoms with Gasteiger partial charge in [0.15, 0.2) is 0 Å². The van der Waals surface area contributed by atoms with Crippen molar-refractivity contribution in [3.05, 3.63) is 68.8 Å². The van der Waals surface area contributed by atoms with Gasteiger partial charge in [-0.2, -0.15) is 5.10 Å². The summed E-state index contributed by atoms with van der Waals surface area (Å²) in [5.74, 6) is -1.47. The Morgan fingerprint density at radius 2 is 1.78 bits per heavy atom. The number of aromatic nitrogens is 2. The van der Waals surface area contributed by atoms with Gasteiger partial charge in [0.2, 0.25) is 0 Å². The molecule has 0 saturated carbocycles. The number of hydrogen-bond acceptors (Lipinski definition) is 2. The molecular formula is C20H15Cl3N2O2. The fourth-order valence-electron chi connectivity index (χ4n) is 3.59. The Morgan fingerprint density at radius 3 is 2.44 bits per heavy atom. The van der Waals surface area contributed by atoms with E-state index in [4.69, 9.17) is 34.8 Å². The topological polar surface area (TPSA) is 55.1 Å². The molecule has 1 atom stereocenters. The highest BCUT2D eigenvalue weighted by molar-refractivity contribution is 6.35. The molecule has 3 aromatic rings. The van der Waals surface area contributed by atoms with Gasteiger partial charge in [0.25, 0.3) is 0 Å². The number of rotatable bonds is 3. The Balaban J connectivity index is 1.99. The Labute approximate surface area is 171 Å². The number of carboxylic acid groups (broad SMARTS) is 1. The van der Waals surface area contributed by atoms with Crippen LogP contribution in [-0.2, 0) is 11.2 Å². The monoisotopic (exact) mass is 420 g/mol. The molecule has 0 bridgehead atoms. The summed E-state index contributed by atoms with van der Waals surface area (Å²) in [6, 6.07) is 12.6. The van der Waals surface area contributed by atoms with Gasteiger partial charge in [-0.15, -0.1) is 0 Å². The second-order valence-electron chi connectivity index (χ2n) is 6.51. The Kier molecular flexibility index (Phi) is 4.89. The summed E-state index contributed by atoms with van der Waals surface area (Å²) in [6.45, 7) is 0. The highest BCUT2D eigenvalue weighted by Gasteiger charge is 2.33. The Morgan fingerprint density at radius 1 is 1.07 bits per heavy atom. The van der Waals surface area contributed by atoms with E-state index in [0.717, 1.165) is 29.7 Å². The van der Waals surface area contributed by atoms with Crippen molar-refractivity contribution in [3.8, 4) is 16.9 Å². The molecule has 1 heterocycles. The average Bonchev–Trinajstić information content (AvgIpc) is 3.01. The van der Waals surface area contributed by atoms with Gasteiger partial charge >= 0.3 is 5.97 Å². The number of hydrogen-bond donors (Lipinski definition) is 1. The van der Waals surface area contributed by atoms with Crippen LogP contribution in [0.5, 0.6) is 0 Å². The second-order valence-corrected chi connectivity index (χ2v) is 7.79. The number of aliphatic carboxylic acids is 1. The Bertz CT molecular complexity index is 1030. The van der Waals surface area contributed by atoms with Crippen LogP contribution < -0.4 is 0 Å². The van der Waals surface area contributed by atoms with E-state index in [0.29, 0.717) is 32.9 Å². The smallest absolute Gasteiger partial charge is 0.312 e. The fourth-order valence-corrected chi connectivity index (χ4v) is 4.20. The van der Waals surface area contributed by atoms with Crippen molar-refractivity contribution in [2.24, 2.45) is 0 Å². The molecule has 1 aliphatic carbocycles. The van der Waals surface area contributed by atoms with Crippen molar-refractivity contribution in [2.75, 3.05) is 0 Å². The van der Waals surface area contributed by atoms with Crippen molar-refractivity contribution in [3.63, 3.8) is 0 Å². The van der Waals surface area contributed by atoms with E-state index < -0.39 is 11.9 Å². The molecule has 1 N–H and O–H groups in total. The maximum Gasteiger partial charge on any atom is 0.312 e. The zero-order valence-corrected chi connectivity index (χ0v) is 16.4. The fraction of sp³-hybridized carbons (Fsp3) is 0.200. The third-order valence-electron chi connectivity index (χ3n) is 4.82. The molecule has 27 heavy (non-hydrogen) atoms. The maximum absolute atomic E-state index is 11.8. The van der Waals surface area contributed by atoms with E-state index in [1.165, 1.54) is 0 Å². The minimum absolute atomic E-state index is 0.449. The van der Waals surface area contributed by atoms with Gasteiger partial charge in [-0.3, -0.25) is 4.79 Å². The summed E-state index contributed by atoms with van der Waals surface area (Å²) in [4.78, 5) is 11.8. The summed E-state index contributed by atoms with van der Waals surface area (Å²) in [5, 5.41) is 15.9. The number of carbonyl (C=O) groups is 1. The average molecular weight is 422 g/mol. The van der Waals surface area contributed by atoms with Crippen LogP contribution >= 0.6 is 34.8 Å². The largest absolute Gasteiger partial charge is 0.481 e. The van der Waals surface area contributed by atoms with Crippen LogP contribution in [-0.4, -0.2) is 20.9 Å².